The van der Waals surface area contributed by atoms with Crippen LogP contribution in [-0.4, -0.2) is 11.8 Å². The highest BCUT2D eigenvalue weighted by Gasteiger charge is 2.14. The molecule has 0 unspecified atom stereocenters. The van der Waals surface area contributed by atoms with Crippen molar-refractivity contribution in [2.24, 2.45) is 5.84 Å². The summed E-state index contributed by atoms with van der Waals surface area (Å²) < 4.78 is 1.07. The van der Waals surface area contributed by atoms with Crippen molar-refractivity contribution in [1.82, 2.24) is 5.43 Å². The Kier molecular flexibility index (Phi) is 5.63. The summed E-state index contributed by atoms with van der Waals surface area (Å²) in [6.45, 7) is 6.43. The van der Waals surface area contributed by atoms with Gasteiger partial charge in [0.1, 0.15) is 0 Å². The molecular formula is C22H23N3O2S. The molecule has 28 heavy (non-hydrogen) atoms. The van der Waals surface area contributed by atoms with Crippen molar-refractivity contribution in [2.75, 3.05) is 5.32 Å². The molecule has 3 rings (SSSR count). The van der Waals surface area contributed by atoms with Crippen LogP contribution in [0.3, 0.4) is 0 Å². The van der Waals surface area contributed by atoms with Crippen LogP contribution in [0.15, 0.2) is 54.6 Å². The number of hydrazine groups is 1. The lowest BCUT2D eigenvalue weighted by molar-refractivity contribution is -0.116. The Morgan fingerprint density at radius 2 is 1.75 bits per heavy atom. The zero-order chi connectivity index (χ0) is 20.3. The van der Waals surface area contributed by atoms with Gasteiger partial charge in [-0.2, -0.15) is 0 Å². The Bertz CT molecular complexity index is 1040. The van der Waals surface area contributed by atoms with Crippen molar-refractivity contribution >= 4 is 45.0 Å². The second-order valence-corrected chi connectivity index (χ2v) is 8.64. The van der Waals surface area contributed by atoms with E-state index in [0.29, 0.717) is 5.56 Å². The van der Waals surface area contributed by atoms with Crippen LogP contribution in [0.1, 0.15) is 41.6 Å². The first-order valence-corrected chi connectivity index (χ1v) is 9.72. The molecule has 5 nitrogen and oxygen atoms in total. The molecule has 0 saturated heterocycles. The summed E-state index contributed by atoms with van der Waals surface area (Å²) in [6.07, 6.45) is 3.09. The van der Waals surface area contributed by atoms with E-state index < -0.39 is 0 Å². The number of carbonyl (C=O) groups excluding carboxylic acids is 2. The van der Waals surface area contributed by atoms with Gasteiger partial charge in [0.25, 0.3) is 11.8 Å². The maximum Gasteiger partial charge on any atom is 0.257 e. The highest BCUT2D eigenvalue weighted by molar-refractivity contribution is 7.19. The average Bonchev–Trinajstić information content (AvgIpc) is 3.07. The zero-order valence-corrected chi connectivity index (χ0v) is 16.9. The van der Waals surface area contributed by atoms with Gasteiger partial charge in [0.05, 0.1) is 0 Å². The summed E-state index contributed by atoms with van der Waals surface area (Å²) in [5.41, 5.74) is 4.64. The number of thiophene rings is 1. The number of hydrogen-bond acceptors (Lipinski definition) is 4. The lowest BCUT2D eigenvalue weighted by Gasteiger charge is -2.19. The minimum Gasteiger partial charge on any atom is -0.322 e. The molecule has 144 valence electrons. The number of carbonyl (C=O) groups is 2. The maximum atomic E-state index is 12.6. The fraction of sp³-hybridized carbons (Fsp3) is 0.182. The van der Waals surface area contributed by atoms with Crippen molar-refractivity contribution in [2.45, 2.75) is 26.2 Å². The van der Waals surface area contributed by atoms with Gasteiger partial charge in [0, 0.05) is 26.9 Å². The first kappa shape index (κ1) is 19.8. The van der Waals surface area contributed by atoms with Gasteiger partial charge >= 0.3 is 0 Å². The Labute approximate surface area is 168 Å². The number of nitrogens with two attached hydrogens (primary N) is 1. The predicted molar refractivity (Wildman–Crippen MR) is 116 cm³/mol. The van der Waals surface area contributed by atoms with Gasteiger partial charge in [-0.15, -0.1) is 11.3 Å². The third-order valence-electron chi connectivity index (χ3n) is 4.35. The largest absolute Gasteiger partial charge is 0.322 e. The molecule has 0 aliphatic heterocycles. The van der Waals surface area contributed by atoms with Crippen molar-refractivity contribution in [3.63, 3.8) is 0 Å². The molecule has 2 amide bonds. The van der Waals surface area contributed by atoms with E-state index in [-0.39, 0.29) is 17.2 Å². The molecule has 0 aliphatic carbocycles. The molecule has 0 aliphatic rings. The van der Waals surface area contributed by atoms with Crippen LogP contribution >= 0.6 is 11.3 Å². The van der Waals surface area contributed by atoms with Crippen molar-refractivity contribution in [3.8, 4) is 0 Å². The topological polar surface area (TPSA) is 84.2 Å². The zero-order valence-electron chi connectivity index (χ0n) is 16.1. The standard InChI is InChI=1S/C22H23N3O2S/c1-22(2,3)16-6-4-14(5-7-16)21(27)24-17-8-10-19-15(12-17)13-18(28-19)9-11-20(26)25-23/h4-13H,23H2,1-3H3,(H,24,27)(H,25,26). The van der Waals surface area contributed by atoms with Gasteiger partial charge in [-0.25, -0.2) is 5.84 Å². The summed E-state index contributed by atoms with van der Waals surface area (Å²) in [6, 6.07) is 15.4. The fourth-order valence-electron chi connectivity index (χ4n) is 2.75. The number of benzene rings is 2. The average molecular weight is 394 g/mol. The quantitative estimate of drug-likeness (QED) is 0.265. The summed E-state index contributed by atoms with van der Waals surface area (Å²) in [4.78, 5) is 24.7. The highest BCUT2D eigenvalue weighted by atomic mass is 32.1. The molecular weight excluding hydrogens is 370 g/mol. The number of fused-ring (bicyclic) bond motifs is 1. The van der Waals surface area contributed by atoms with E-state index >= 15 is 0 Å². The lowest BCUT2D eigenvalue weighted by atomic mass is 9.87. The lowest BCUT2D eigenvalue weighted by Crippen LogP contribution is -2.27. The van der Waals surface area contributed by atoms with E-state index in [0.717, 1.165) is 20.7 Å². The molecule has 1 aromatic heterocycles. The van der Waals surface area contributed by atoms with Crippen molar-refractivity contribution < 1.29 is 9.59 Å². The van der Waals surface area contributed by atoms with Crippen LogP contribution in [0.5, 0.6) is 0 Å². The number of hydrogen-bond donors (Lipinski definition) is 3. The summed E-state index contributed by atoms with van der Waals surface area (Å²) in [5, 5.41) is 3.94. The molecule has 1 heterocycles. The van der Waals surface area contributed by atoms with Gasteiger partial charge in [-0.3, -0.25) is 15.0 Å². The minimum atomic E-state index is -0.358. The number of rotatable bonds is 4. The Hall–Kier alpha value is -2.96. The van der Waals surface area contributed by atoms with Gasteiger partial charge in [0.2, 0.25) is 0 Å². The molecule has 0 fully saturated rings. The van der Waals surface area contributed by atoms with Crippen molar-refractivity contribution in [3.05, 3.63) is 70.6 Å². The van der Waals surface area contributed by atoms with Gasteiger partial charge in [0.15, 0.2) is 0 Å². The molecule has 3 aromatic rings. The Morgan fingerprint density at radius 3 is 2.39 bits per heavy atom. The molecule has 6 heteroatoms. The molecule has 0 spiro atoms. The van der Waals surface area contributed by atoms with E-state index in [1.54, 1.807) is 17.4 Å². The summed E-state index contributed by atoms with van der Waals surface area (Å²) in [5.74, 6) is 4.57. The van der Waals surface area contributed by atoms with Crippen LogP contribution in [0.25, 0.3) is 16.2 Å². The fourth-order valence-corrected chi connectivity index (χ4v) is 3.70. The molecule has 0 bridgehead atoms. The van der Waals surface area contributed by atoms with Crippen LogP contribution in [0.4, 0.5) is 5.69 Å². The third-order valence-corrected chi connectivity index (χ3v) is 5.43. The van der Waals surface area contributed by atoms with Crippen LogP contribution in [-0.2, 0) is 10.2 Å². The first-order valence-electron chi connectivity index (χ1n) is 8.90. The van der Waals surface area contributed by atoms with Crippen molar-refractivity contribution in [1.29, 1.82) is 0 Å². The highest BCUT2D eigenvalue weighted by Crippen LogP contribution is 2.29. The SMILES string of the molecule is CC(C)(C)c1ccc(C(=O)Nc2ccc3sc(C=CC(=O)NN)cc3c2)cc1. The van der Waals surface area contributed by atoms with Gasteiger partial charge < -0.3 is 5.32 Å². The van der Waals surface area contributed by atoms with Gasteiger partial charge in [-0.05, 0) is 58.8 Å². The van der Waals surface area contributed by atoms with E-state index in [9.17, 15) is 9.59 Å². The normalized spacial score (nSPS) is 11.7. The van der Waals surface area contributed by atoms with E-state index in [1.165, 1.54) is 11.6 Å². The molecule has 0 radical (unpaired) electrons. The smallest absolute Gasteiger partial charge is 0.257 e. The number of anilines is 1. The first-order chi connectivity index (χ1) is 13.3. The molecule has 4 N–H and O–H groups in total. The van der Waals surface area contributed by atoms with E-state index in [1.807, 2.05) is 48.5 Å². The second-order valence-electron chi connectivity index (χ2n) is 7.52. The summed E-state index contributed by atoms with van der Waals surface area (Å²) in [7, 11) is 0. The summed E-state index contributed by atoms with van der Waals surface area (Å²) >= 11 is 1.56. The minimum absolute atomic E-state index is 0.0516. The monoisotopic (exact) mass is 393 g/mol. The Morgan fingerprint density at radius 1 is 1.04 bits per heavy atom. The predicted octanol–water partition coefficient (Wildman–Crippen LogP) is 4.45. The second kappa shape index (κ2) is 7.96. The van der Waals surface area contributed by atoms with E-state index in [2.05, 4.69) is 31.5 Å². The van der Waals surface area contributed by atoms with Crippen LogP contribution in [0, 0.1) is 0 Å². The van der Waals surface area contributed by atoms with Gasteiger partial charge in [-0.1, -0.05) is 32.9 Å². The number of amides is 2. The van der Waals surface area contributed by atoms with Crippen LogP contribution < -0.4 is 16.6 Å². The maximum absolute atomic E-state index is 12.6. The molecule has 0 saturated carbocycles. The third kappa shape index (κ3) is 4.65. The molecule has 2 aromatic carbocycles. The Balaban J connectivity index is 1.75. The number of nitrogens with one attached hydrogen (secondary N) is 2. The molecule has 0 atom stereocenters. The van der Waals surface area contributed by atoms with Crippen LogP contribution in [0.2, 0.25) is 0 Å². The van der Waals surface area contributed by atoms with E-state index in [4.69, 9.17) is 5.84 Å².